The molecule has 10 nitrogen and oxygen atoms in total. The molecule has 0 aliphatic carbocycles. The maximum absolute atomic E-state index is 12.2. The number of amides is 1. The number of nitrogens with one attached hydrogen (secondary N) is 2. The van der Waals surface area contributed by atoms with Crippen molar-refractivity contribution in [1.29, 1.82) is 0 Å². The van der Waals surface area contributed by atoms with Crippen molar-refractivity contribution in [2.24, 2.45) is 0 Å². The Morgan fingerprint density at radius 2 is 1.86 bits per heavy atom. The van der Waals surface area contributed by atoms with Gasteiger partial charge in [0.05, 0.1) is 27.1 Å². The number of nitrogens with zero attached hydrogens (tertiary/aromatic N) is 2. The Labute approximate surface area is 172 Å². The number of aromatic amines is 1. The minimum Gasteiger partial charge on any atom is -0.493 e. The average molecular weight is 426 g/mol. The lowest BCUT2D eigenvalue weighted by Gasteiger charge is -2.14. The monoisotopic (exact) mass is 426 g/mol. The van der Waals surface area contributed by atoms with Crippen LogP contribution in [0.5, 0.6) is 17.2 Å². The number of aromatic nitrogens is 3. The second-order valence-electron chi connectivity index (χ2n) is 5.91. The highest BCUT2D eigenvalue weighted by Gasteiger charge is 2.14. The van der Waals surface area contributed by atoms with E-state index in [-0.39, 0.29) is 23.9 Å². The first kappa shape index (κ1) is 22.6. The molecule has 0 radical (unpaired) electrons. The number of hydrogen-bond acceptors (Lipinski definition) is 8. The van der Waals surface area contributed by atoms with Crippen LogP contribution in [0.2, 0.25) is 0 Å². The molecule has 0 unspecified atom stereocenters. The Morgan fingerprint density at radius 1 is 1.17 bits per heavy atom. The first-order valence-electron chi connectivity index (χ1n) is 8.86. The molecule has 160 valence electrons. The fraction of sp³-hybridized carbons (Fsp3) is 0.500. The predicted octanol–water partition coefficient (Wildman–Crippen LogP) is 1.04. The highest BCUT2D eigenvalue weighted by atomic mass is 32.2. The molecule has 2 rings (SSSR count). The van der Waals surface area contributed by atoms with Gasteiger partial charge in [-0.3, -0.25) is 9.36 Å². The lowest BCUT2D eigenvalue weighted by molar-refractivity contribution is -0.118. The molecule has 0 bridgehead atoms. The maximum Gasteiger partial charge on any atom is 0.343 e. The van der Waals surface area contributed by atoms with Crippen LogP contribution in [0, 0.1) is 0 Å². The second kappa shape index (κ2) is 11.4. The van der Waals surface area contributed by atoms with Crippen LogP contribution < -0.4 is 25.2 Å². The van der Waals surface area contributed by atoms with Gasteiger partial charge >= 0.3 is 5.69 Å². The molecule has 2 aromatic rings. The zero-order valence-corrected chi connectivity index (χ0v) is 17.8. The van der Waals surface area contributed by atoms with Gasteiger partial charge in [-0.25, -0.2) is 9.89 Å². The van der Waals surface area contributed by atoms with Crippen LogP contribution in [0.1, 0.15) is 12.0 Å². The fourth-order valence-corrected chi connectivity index (χ4v) is 3.40. The Hall–Kier alpha value is -2.66. The van der Waals surface area contributed by atoms with E-state index < -0.39 is 0 Å². The summed E-state index contributed by atoms with van der Waals surface area (Å²) in [6, 6.07) is 3.55. The minimum absolute atomic E-state index is 0.124. The molecule has 2 N–H and O–H groups in total. The van der Waals surface area contributed by atoms with Crippen LogP contribution >= 0.6 is 11.8 Å². The zero-order valence-electron chi connectivity index (χ0n) is 16.9. The Kier molecular flexibility index (Phi) is 8.87. The smallest absolute Gasteiger partial charge is 0.343 e. The van der Waals surface area contributed by atoms with Gasteiger partial charge in [0.1, 0.15) is 0 Å². The molecule has 0 saturated heterocycles. The summed E-state index contributed by atoms with van der Waals surface area (Å²) in [5.41, 5.74) is 0.496. The van der Waals surface area contributed by atoms with E-state index in [1.165, 1.54) is 37.7 Å². The molecule has 29 heavy (non-hydrogen) atoms. The number of benzene rings is 1. The van der Waals surface area contributed by atoms with E-state index in [2.05, 4.69) is 15.5 Å². The average Bonchev–Trinajstić information content (AvgIpc) is 3.09. The highest BCUT2D eigenvalue weighted by Crippen LogP contribution is 2.38. The van der Waals surface area contributed by atoms with Crippen LogP contribution in [-0.2, 0) is 22.6 Å². The van der Waals surface area contributed by atoms with Crippen molar-refractivity contribution in [3.8, 4) is 17.2 Å². The van der Waals surface area contributed by atoms with Gasteiger partial charge in [-0.2, -0.15) is 0 Å². The van der Waals surface area contributed by atoms with E-state index in [1.807, 2.05) is 0 Å². The fourth-order valence-electron chi connectivity index (χ4n) is 2.60. The summed E-state index contributed by atoms with van der Waals surface area (Å²) < 4.78 is 22.4. The van der Waals surface area contributed by atoms with Crippen molar-refractivity contribution in [1.82, 2.24) is 20.1 Å². The minimum atomic E-state index is -0.304. The molecular weight excluding hydrogens is 400 g/mol. The molecule has 11 heteroatoms. The van der Waals surface area contributed by atoms with Crippen LogP contribution in [0.4, 0.5) is 0 Å². The SMILES string of the molecule is COCCCn1c(SCC(=O)NCc2cc(OC)c(OC)c(OC)c2)n[nH]c1=O. The number of rotatable bonds is 12. The van der Waals surface area contributed by atoms with Crippen molar-refractivity contribution in [2.45, 2.75) is 24.7 Å². The van der Waals surface area contributed by atoms with Crippen molar-refractivity contribution < 1.29 is 23.7 Å². The number of methoxy groups -OCH3 is 4. The summed E-state index contributed by atoms with van der Waals surface area (Å²) in [6.45, 7) is 1.30. The number of ether oxygens (including phenoxy) is 4. The van der Waals surface area contributed by atoms with Gasteiger partial charge in [-0.15, -0.1) is 5.10 Å². The Morgan fingerprint density at radius 3 is 2.45 bits per heavy atom. The van der Waals surface area contributed by atoms with E-state index in [4.69, 9.17) is 18.9 Å². The Balaban J connectivity index is 1.93. The summed E-state index contributed by atoms with van der Waals surface area (Å²) in [7, 11) is 6.20. The van der Waals surface area contributed by atoms with Crippen LogP contribution in [0.15, 0.2) is 22.1 Å². The third-order valence-corrected chi connectivity index (χ3v) is 4.98. The molecule has 1 amide bonds. The number of hydrogen-bond donors (Lipinski definition) is 2. The van der Waals surface area contributed by atoms with Gasteiger partial charge in [0.2, 0.25) is 11.7 Å². The first-order valence-corrected chi connectivity index (χ1v) is 9.85. The number of H-pyrrole nitrogens is 1. The van der Waals surface area contributed by atoms with Gasteiger partial charge in [-0.1, -0.05) is 11.8 Å². The zero-order chi connectivity index (χ0) is 21.2. The third-order valence-electron chi connectivity index (χ3n) is 4.00. The lowest BCUT2D eigenvalue weighted by Crippen LogP contribution is -2.25. The number of thioether (sulfide) groups is 1. The molecule has 0 fully saturated rings. The van der Waals surface area contributed by atoms with E-state index >= 15 is 0 Å². The molecule has 1 aromatic heterocycles. The number of carbonyl (C=O) groups is 1. The maximum atomic E-state index is 12.2. The first-order chi connectivity index (χ1) is 14.0. The molecule has 0 aliphatic heterocycles. The van der Waals surface area contributed by atoms with Gasteiger partial charge in [0.25, 0.3) is 0 Å². The van der Waals surface area contributed by atoms with E-state index in [0.717, 1.165) is 5.56 Å². The van der Waals surface area contributed by atoms with Gasteiger partial charge in [0, 0.05) is 26.8 Å². The van der Waals surface area contributed by atoms with Crippen molar-refractivity contribution in [3.63, 3.8) is 0 Å². The molecule has 1 aromatic carbocycles. The largest absolute Gasteiger partial charge is 0.493 e. The van der Waals surface area contributed by atoms with Gasteiger partial charge in [-0.05, 0) is 24.1 Å². The van der Waals surface area contributed by atoms with Crippen LogP contribution in [0.25, 0.3) is 0 Å². The standard InChI is InChI=1S/C18H26N4O6S/c1-25-7-5-6-22-17(24)20-21-18(22)29-11-15(23)19-10-12-8-13(26-2)16(28-4)14(9-12)27-3/h8-9H,5-7,10-11H2,1-4H3,(H,19,23)(H,20,24). The quantitative estimate of drug-likeness (QED) is 0.382. The predicted molar refractivity (Wildman–Crippen MR) is 108 cm³/mol. The van der Waals surface area contributed by atoms with Gasteiger partial charge in [0.15, 0.2) is 16.7 Å². The summed E-state index contributed by atoms with van der Waals surface area (Å²) in [5.74, 6) is 1.45. The summed E-state index contributed by atoms with van der Waals surface area (Å²) in [5, 5.41) is 9.67. The normalized spacial score (nSPS) is 10.6. The summed E-state index contributed by atoms with van der Waals surface area (Å²) in [4.78, 5) is 24.1. The second-order valence-corrected chi connectivity index (χ2v) is 6.85. The molecule has 0 atom stereocenters. The molecule has 0 saturated carbocycles. The molecule has 0 spiro atoms. The Bertz CT molecular complexity index is 841. The molecule has 1 heterocycles. The van der Waals surface area contributed by atoms with E-state index in [0.29, 0.717) is 42.0 Å². The summed E-state index contributed by atoms with van der Waals surface area (Å²) in [6.07, 6.45) is 0.677. The van der Waals surface area contributed by atoms with E-state index in [9.17, 15) is 9.59 Å². The lowest BCUT2D eigenvalue weighted by atomic mass is 10.2. The topological polar surface area (TPSA) is 117 Å². The highest BCUT2D eigenvalue weighted by molar-refractivity contribution is 7.99. The van der Waals surface area contributed by atoms with Crippen molar-refractivity contribution in [3.05, 3.63) is 28.2 Å². The van der Waals surface area contributed by atoms with E-state index in [1.54, 1.807) is 19.2 Å². The summed E-state index contributed by atoms with van der Waals surface area (Å²) >= 11 is 1.19. The third kappa shape index (κ3) is 6.16. The molecule has 0 aliphatic rings. The van der Waals surface area contributed by atoms with Crippen LogP contribution in [-0.4, -0.2) is 61.5 Å². The van der Waals surface area contributed by atoms with Crippen molar-refractivity contribution in [2.75, 3.05) is 40.8 Å². The van der Waals surface area contributed by atoms with Crippen molar-refractivity contribution >= 4 is 17.7 Å². The van der Waals surface area contributed by atoms with Gasteiger partial charge < -0.3 is 24.3 Å². The molecular formula is C18H26N4O6S. The van der Waals surface area contributed by atoms with Crippen LogP contribution in [0.3, 0.4) is 0 Å². The number of carbonyl (C=O) groups excluding carboxylic acids is 1.